The molecule has 4 nitrogen and oxygen atoms in total. The number of nitrogens with zero attached hydrogens (tertiary/aromatic N) is 3. The summed E-state index contributed by atoms with van der Waals surface area (Å²) >= 11 is 1.40. The summed E-state index contributed by atoms with van der Waals surface area (Å²) in [5.41, 5.74) is 0. The average molecular weight is 253 g/mol. The van der Waals surface area contributed by atoms with Gasteiger partial charge in [-0.15, -0.1) is 0 Å². The first-order valence-electron chi connectivity index (χ1n) is 5.95. The highest BCUT2D eigenvalue weighted by atomic mass is 32.2. The molecule has 0 N–H and O–H groups in total. The molecule has 1 rings (SSSR count). The van der Waals surface area contributed by atoms with Crippen molar-refractivity contribution in [1.82, 2.24) is 14.9 Å². The number of hydrogen-bond acceptors (Lipinski definition) is 4. The number of thioether (sulfide) groups is 1. The van der Waals surface area contributed by atoms with Gasteiger partial charge in [-0.2, -0.15) is 0 Å². The largest absolute Gasteiger partial charge is 0.342 e. The first-order chi connectivity index (χ1) is 8.27. The Morgan fingerprint density at radius 2 is 1.82 bits per heavy atom. The van der Waals surface area contributed by atoms with Crippen LogP contribution in [0.5, 0.6) is 0 Å². The molecule has 1 amide bonds. The van der Waals surface area contributed by atoms with Gasteiger partial charge in [0.1, 0.15) is 0 Å². The standard InChI is InChI=1S/C12H19N3OS/c1-3-8-15(9-4-2)11(16)10-17-12-13-6-5-7-14-12/h5-7H,3-4,8-10H2,1-2H3. The lowest BCUT2D eigenvalue weighted by atomic mass is 10.3. The molecule has 1 aromatic heterocycles. The van der Waals surface area contributed by atoms with E-state index < -0.39 is 0 Å². The third kappa shape index (κ3) is 5.17. The predicted octanol–water partition coefficient (Wildman–Crippen LogP) is 2.22. The van der Waals surface area contributed by atoms with Crippen LogP contribution < -0.4 is 0 Å². The summed E-state index contributed by atoms with van der Waals surface area (Å²) in [6, 6.07) is 1.77. The van der Waals surface area contributed by atoms with Gasteiger partial charge in [-0.25, -0.2) is 9.97 Å². The van der Waals surface area contributed by atoms with E-state index in [1.54, 1.807) is 18.5 Å². The second-order valence-corrected chi connectivity index (χ2v) is 4.64. The quantitative estimate of drug-likeness (QED) is 0.552. The molecule has 0 aliphatic heterocycles. The summed E-state index contributed by atoms with van der Waals surface area (Å²) in [7, 11) is 0. The Hall–Kier alpha value is -1.10. The zero-order chi connectivity index (χ0) is 12.5. The molecule has 0 atom stereocenters. The number of carbonyl (C=O) groups excluding carboxylic acids is 1. The van der Waals surface area contributed by atoms with Crippen molar-refractivity contribution in [3.05, 3.63) is 18.5 Å². The van der Waals surface area contributed by atoms with Crippen LogP contribution in [-0.2, 0) is 4.79 Å². The highest BCUT2D eigenvalue weighted by Gasteiger charge is 2.12. The Labute approximate surface area is 107 Å². The molecule has 0 saturated heterocycles. The van der Waals surface area contributed by atoms with Crippen LogP contribution in [0.4, 0.5) is 0 Å². The van der Waals surface area contributed by atoms with E-state index in [9.17, 15) is 4.79 Å². The van der Waals surface area contributed by atoms with Crippen molar-refractivity contribution in [2.24, 2.45) is 0 Å². The topological polar surface area (TPSA) is 46.1 Å². The molecule has 1 aromatic rings. The zero-order valence-corrected chi connectivity index (χ0v) is 11.2. The molecule has 5 heteroatoms. The molecule has 0 radical (unpaired) electrons. The van der Waals surface area contributed by atoms with Crippen molar-refractivity contribution in [2.45, 2.75) is 31.8 Å². The minimum absolute atomic E-state index is 0.172. The average Bonchev–Trinajstić information content (AvgIpc) is 2.37. The van der Waals surface area contributed by atoms with E-state index >= 15 is 0 Å². The van der Waals surface area contributed by atoms with Gasteiger partial charge < -0.3 is 4.90 Å². The normalized spacial score (nSPS) is 10.2. The SMILES string of the molecule is CCCN(CCC)C(=O)CSc1ncccn1. The maximum Gasteiger partial charge on any atom is 0.233 e. The molecular weight excluding hydrogens is 234 g/mol. The second-order valence-electron chi connectivity index (χ2n) is 3.70. The van der Waals surface area contributed by atoms with Gasteiger partial charge in [-0.3, -0.25) is 4.79 Å². The molecule has 0 fully saturated rings. The van der Waals surface area contributed by atoms with E-state index in [0.717, 1.165) is 25.9 Å². The van der Waals surface area contributed by atoms with Gasteiger partial charge in [0.15, 0.2) is 5.16 Å². The summed E-state index contributed by atoms with van der Waals surface area (Å²) in [5.74, 6) is 0.593. The van der Waals surface area contributed by atoms with Crippen LogP contribution in [0.3, 0.4) is 0 Å². The molecule has 0 unspecified atom stereocenters. The minimum atomic E-state index is 0.172. The van der Waals surface area contributed by atoms with Crippen LogP contribution in [0.2, 0.25) is 0 Å². The van der Waals surface area contributed by atoms with Crippen molar-refractivity contribution in [2.75, 3.05) is 18.8 Å². The smallest absolute Gasteiger partial charge is 0.233 e. The van der Waals surface area contributed by atoms with Crippen molar-refractivity contribution in [1.29, 1.82) is 0 Å². The summed E-state index contributed by atoms with van der Waals surface area (Å²) in [6.07, 6.45) is 5.38. The highest BCUT2D eigenvalue weighted by Crippen LogP contribution is 2.12. The van der Waals surface area contributed by atoms with Gasteiger partial charge in [0, 0.05) is 25.5 Å². The first kappa shape index (κ1) is 14.0. The Morgan fingerprint density at radius 1 is 1.24 bits per heavy atom. The van der Waals surface area contributed by atoms with E-state index in [2.05, 4.69) is 23.8 Å². The van der Waals surface area contributed by atoms with Crippen LogP contribution in [0.25, 0.3) is 0 Å². The molecule has 1 heterocycles. The van der Waals surface area contributed by atoms with E-state index in [-0.39, 0.29) is 5.91 Å². The molecule has 17 heavy (non-hydrogen) atoms. The van der Waals surface area contributed by atoms with Crippen molar-refractivity contribution < 1.29 is 4.79 Å². The Balaban J connectivity index is 2.41. The lowest BCUT2D eigenvalue weighted by Gasteiger charge is -2.20. The van der Waals surface area contributed by atoms with Crippen LogP contribution in [0.15, 0.2) is 23.6 Å². The molecule has 0 aromatic carbocycles. The maximum atomic E-state index is 11.9. The number of rotatable bonds is 7. The summed E-state index contributed by atoms with van der Waals surface area (Å²) in [4.78, 5) is 22.0. The highest BCUT2D eigenvalue weighted by molar-refractivity contribution is 7.99. The number of hydrogen-bond donors (Lipinski definition) is 0. The number of amides is 1. The monoisotopic (exact) mass is 253 g/mol. The van der Waals surface area contributed by atoms with Gasteiger partial charge in [0.25, 0.3) is 0 Å². The molecule has 94 valence electrons. The van der Waals surface area contributed by atoms with E-state index in [4.69, 9.17) is 0 Å². The lowest BCUT2D eigenvalue weighted by Crippen LogP contribution is -2.33. The number of aromatic nitrogens is 2. The van der Waals surface area contributed by atoms with Gasteiger partial charge in [-0.1, -0.05) is 25.6 Å². The molecule has 0 aliphatic carbocycles. The molecule has 0 bridgehead atoms. The van der Waals surface area contributed by atoms with E-state index in [1.165, 1.54) is 11.8 Å². The molecular formula is C12H19N3OS. The number of carbonyl (C=O) groups is 1. The molecule has 0 saturated carbocycles. The third-order valence-electron chi connectivity index (χ3n) is 2.21. The summed E-state index contributed by atoms with van der Waals surface area (Å²) in [5, 5.41) is 0.661. The van der Waals surface area contributed by atoms with E-state index in [0.29, 0.717) is 10.9 Å². The fraction of sp³-hybridized carbons (Fsp3) is 0.583. The Morgan fingerprint density at radius 3 is 2.35 bits per heavy atom. The fourth-order valence-corrected chi connectivity index (χ4v) is 2.18. The van der Waals surface area contributed by atoms with Crippen LogP contribution in [0.1, 0.15) is 26.7 Å². The fourth-order valence-electron chi connectivity index (χ4n) is 1.48. The van der Waals surface area contributed by atoms with Crippen LogP contribution in [0, 0.1) is 0 Å². The van der Waals surface area contributed by atoms with Gasteiger partial charge in [-0.05, 0) is 18.9 Å². The second kappa shape index (κ2) is 8.06. The van der Waals surface area contributed by atoms with Crippen molar-refractivity contribution in [3.8, 4) is 0 Å². The summed E-state index contributed by atoms with van der Waals surface area (Å²) < 4.78 is 0. The van der Waals surface area contributed by atoms with Gasteiger partial charge in [0.2, 0.25) is 5.91 Å². The van der Waals surface area contributed by atoms with Crippen LogP contribution in [-0.4, -0.2) is 39.6 Å². The van der Waals surface area contributed by atoms with Crippen molar-refractivity contribution in [3.63, 3.8) is 0 Å². The maximum absolute atomic E-state index is 11.9. The Kier molecular flexibility index (Phi) is 6.62. The zero-order valence-electron chi connectivity index (χ0n) is 10.4. The van der Waals surface area contributed by atoms with Crippen molar-refractivity contribution >= 4 is 17.7 Å². The Bertz CT molecular complexity index is 326. The predicted molar refractivity (Wildman–Crippen MR) is 69.9 cm³/mol. The van der Waals surface area contributed by atoms with Crippen LogP contribution >= 0.6 is 11.8 Å². The molecule has 0 spiro atoms. The minimum Gasteiger partial charge on any atom is -0.342 e. The summed E-state index contributed by atoms with van der Waals surface area (Å²) in [6.45, 7) is 5.85. The third-order valence-corrected chi connectivity index (χ3v) is 3.07. The first-order valence-corrected chi connectivity index (χ1v) is 6.94. The lowest BCUT2D eigenvalue weighted by molar-refractivity contribution is -0.128. The molecule has 0 aliphatic rings. The van der Waals surface area contributed by atoms with Gasteiger partial charge >= 0.3 is 0 Å². The van der Waals surface area contributed by atoms with E-state index in [1.807, 2.05) is 4.90 Å². The van der Waals surface area contributed by atoms with Gasteiger partial charge in [0.05, 0.1) is 5.75 Å².